The molecule has 1 aliphatic rings. The van der Waals surface area contributed by atoms with Crippen LogP contribution >= 0.6 is 0 Å². The lowest BCUT2D eigenvalue weighted by Crippen LogP contribution is -2.25. The van der Waals surface area contributed by atoms with Gasteiger partial charge >= 0.3 is 5.97 Å². The first kappa shape index (κ1) is 18.0. The van der Waals surface area contributed by atoms with Crippen LogP contribution in [0.5, 0.6) is 0 Å². The van der Waals surface area contributed by atoms with Gasteiger partial charge in [-0.3, -0.25) is 9.89 Å². The number of aromatic amines is 1. The van der Waals surface area contributed by atoms with E-state index in [2.05, 4.69) is 30.1 Å². The molecule has 3 aromatic rings. The second-order valence-corrected chi connectivity index (χ2v) is 7.45. The van der Waals surface area contributed by atoms with Gasteiger partial charge in [0.15, 0.2) is 12.4 Å². The Hall–Kier alpha value is -3.41. The number of ketones is 1. The number of anilines is 1. The number of esters is 1. The normalized spacial score (nSPS) is 16.4. The van der Waals surface area contributed by atoms with Gasteiger partial charge in [-0.2, -0.15) is 5.10 Å². The molecule has 4 rings (SSSR count). The molecule has 6 nitrogen and oxygen atoms in total. The van der Waals surface area contributed by atoms with Crippen LogP contribution in [0.3, 0.4) is 0 Å². The number of hydrogen-bond donors (Lipinski definition) is 1. The van der Waals surface area contributed by atoms with E-state index in [1.54, 1.807) is 30.5 Å². The molecule has 0 saturated carbocycles. The summed E-state index contributed by atoms with van der Waals surface area (Å²) in [5.41, 5.74) is 4.06. The van der Waals surface area contributed by atoms with Gasteiger partial charge in [0.1, 0.15) is 0 Å². The molecule has 6 heteroatoms. The van der Waals surface area contributed by atoms with Crippen molar-refractivity contribution in [2.45, 2.75) is 19.3 Å². The molecule has 1 aromatic heterocycles. The van der Waals surface area contributed by atoms with Gasteiger partial charge in [-0.15, -0.1) is 0 Å². The first-order chi connectivity index (χ1) is 13.4. The summed E-state index contributed by atoms with van der Waals surface area (Å²) in [6, 6.07) is 13.2. The number of rotatable bonds is 4. The van der Waals surface area contributed by atoms with E-state index >= 15 is 0 Å². The standard InChI is InChI=1S/C22H21N3O3/c1-22(2)17-6-4-5-7-19(17)25(3)20(22)11-16(26)13-28-21(27)14-8-9-18-15(10-14)12-23-24-18/h4-12H,13H2,1-3H3,(H,23,24). The number of nitrogens with zero attached hydrogens (tertiary/aromatic N) is 2. The van der Waals surface area contributed by atoms with Crippen LogP contribution in [-0.4, -0.2) is 35.6 Å². The lowest BCUT2D eigenvalue weighted by atomic mass is 9.83. The van der Waals surface area contributed by atoms with Crippen molar-refractivity contribution in [3.05, 3.63) is 71.6 Å². The summed E-state index contributed by atoms with van der Waals surface area (Å²) >= 11 is 0. The third-order valence-electron chi connectivity index (χ3n) is 5.26. The summed E-state index contributed by atoms with van der Waals surface area (Å²) in [5, 5.41) is 7.57. The zero-order chi connectivity index (χ0) is 19.9. The number of nitrogens with one attached hydrogen (secondary N) is 1. The van der Waals surface area contributed by atoms with Crippen molar-refractivity contribution in [3.8, 4) is 0 Å². The number of fused-ring (bicyclic) bond motifs is 2. The van der Waals surface area contributed by atoms with Gasteiger partial charge in [0, 0.05) is 35.3 Å². The van der Waals surface area contributed by atoms with Crippen molar-refractivity contribution in [1.82, 2.24) is 10.2 Å². The number of aromatic nitrogens is 2. The van der Waals surface area contributed by atoms with E-state index in [0.29, 0.717) is 5.56 Å². The second kappa shape index (κ2) is 6.64. The van der Waals surface area contributed by atoms with E-state index in [1.165, 1.54) is 5.56 Å². The van der Waals surface area contributed by atoms with Gasteiger partial charge in [-0.25, -0.2) is 4.79 Å². The topological polar surface area (TPSA) is 75.3 Å². The Bertz CT molecular complexity index is 1110. The van der Waals surface area contributed by atoms with Crippen LogP contribution in [0.2, 0.25) is 0 Å². The quantitative estimate of drug-likeness (QED) is 0.557. The molecule has 0 atom stereocenters. The molecule has 0 aliphatic carbocycles. The predicted octanol–water partition coefficient (Wildman–Crippen LogP) is 3.60. The Labute approximate surface area is 162 Å². The molecule has 2 aromatic carbocycles. The minimum Gasteiger partial charge on any atom is -0.454 e. The molecule has 0 bridgehead atoms. The molecule has 2 heterocycles. The van der Waals surface area contributed by atoms with Gasteiger partial charge in [0.25, 0.3) is 0 Å². The van der Waals surface area contributed by atoms with E-state index in [9.17, 15) is 9.59 Å². The Balaban J connectivity index is 1.47. The average Bonchev–Trinajstić information content (AvgIpc) is 3.23. The summed E-state index contributed by atoms with van der Waals surface area (Å²) in [6.45, 7) is 3.87. The second-order valence-electron chi connectivity index (χ2n) is 7.45. The van der Waals surface area contributed by atoms with Gasteiger partial charge < -0.3 is 9.64 Å². The maximum Gasteiger partial charge on any atom is 0.338 e. The molecule has 0 spiro atoms. The number of likely N-dealkylation sites (N-methyl/N-ethyl adjacent to an activating group) is 1. The number of benzene rings is 2. The SMILES string of the molecule is CN1C(=CC(=O)COC(=O)c2ccc3[nH]ncc3c2)C(C)(C)c2ccccc21. The maximum absolute atomic E-state index is 12.5. The highest BCUT2D eigenvalue weighted by Crippen LogP contribution is 2.46. The number of carbonyl (C=O) groups excluding carboxylic acids is 2. The Kier molecular flexibility index (Phi) is 4.26. The Morgan fingerprint density at radius 3 is 2.79 bits per heavy atom. The van der Waals surface area contributed by atoms with Crippen molar-refractivity contribution in [2.75, 3.05) is 18.6 Å². The van der Waals surface area contributed by atoms with Gasteiger partial charge in [0.05, 0.1) is 17.3 Å². The number of carbonyl (C=O) groups is 2. The zero-order valence-electron chi connectivity index (χ0n) is 16.0. The first-order valence-electron chi connectivity index (χ1n) is 9.06. The molecular formula is C22H21N3O3. The fourth-order valence-corrected chi connectivity index (χ4v) is 3.74. The first-order valence-corrected chi connectivity index (χ1v) is 9.06. The molecule has 0 amide bonds. The highest BCUT2D eigenvalue weighted by Gasteiger charge is 2.38. The fraction of sp³-hybridized carbons (Fsp3) is 0.227. The third-order valence-corrected chi connectivity index (χ3v) is 5.26. The minimum atomic E-state index is -0.530. The van der Waals surface area contributed by atoms with E-state index < -0.39 is 5.97 Å². The molecule has 28 heavy (non-hydrogen) atoms. The molecule has 0 radical (unpaired) electrons. The Morgan fingerprint density at radius 1 is 1.21 bits per heavy atom. The van der Waals surface area contributed by atoms with E-state index in [4.69, 9.17) is 4.74 Å². The van der Waals surface area contributed by atoms with Crippen LogP contribution < -0.4 is 4.90 Å². The highest BCUT2D eigenvalue weighted by molar-refractivity contribution is 5.98. The highest BCUT2D eigenvalue weighted by atomic mass is 16.5. The van der Waals surface area contributed by atoms with Crippen molar-refractivity contribution in [2.24, 2.45) is 0 Å². The fourth-order valence-electron chi connectivity index (χ4n) is 3.74. The number of hydrogen-bond acceptors (Lipinski definition) is 5. The monoisotopic (exact) mass is 375 g/mol. The van der Waals surface area contributed by atoms with E-state index in [1.807, 2.05) is 30.1 Å². The van der Waals surface area contributed by atoms with Gasteiger partial charge in [-0.05, 0) is 29.8 Å². The average molecular weight is 375 g/mol. The summed E-state index contributed by atoms with van der Waals surface area (Å²) in [7, 11) is 1.94. The molecule has 142 valence electrons. The minimum absolute atomic E-state index is 0.250. The van der Waals surface area contributed by atoms with Crippen LogP contribution in [-0.2, 0) is 14.9 Å². The van der Waals surface area contributed by atoms with Crippen LogP contribution in [0.25, 0.3) is 10.9 Å². The van der Waals surface area contributed by atoms with E-state index in [0.717, 1.165) is 22.3 Å². The summed E-state index contributed by atoms with van der Waals surface area (Å²) < 4.78 is 5.22. The van der Waals surface area contributed by atoms with Crippen LogP contribution in [0.4, 0.5) is 5.69 Å². The summed E-state index contributed by atoms with van der Waals surface area (Å²) in [5.74, 6) is -0.780. The summed E-state index contributed by atoms with van der Waals surface area (Å²) in [6.07, 6.45) is 3.21. The largest absolute Gasteiger partial charge is 0.454 e. The van der Waals surface area contributed by atoms with Crippen LogP contribution in [0.1, 0.15) is 29.8 Å². The van der Waals surface area contributed by atoms with Crippen molar-refractivity contribution in [1.29, 1.82) is 0 Å². The predicted molar refractivity (Wildman–Crippen MR) is 107 cm³/mol. The number of allylic oxidation sites excluding steroid dienone is 1. The maximum atomic E-state index is 12.5. The molecule has 0 unspecified atom stereocenters. The van der Waals surface area contributed by atoms with E-state index in [-0.39, 0.29) is 17.8 Å². The van der Waals surface area contributed by atoms with Crippen molar-refractivity contribution < 1.29 is 14.3 Å². The molecule has 1 aliphatic heterocycles. The third kappa shape index (κ3) is 2.97. The van der Waals surface area contributed by atoms with Crippen molar-refractivity contribution in [3.63, 3.8) is 0 Å². The van der Waals surface area contributed by atoms with Crippen LogP contribution in [0.15, 0.2) is 60.4 Å². The lowest BCUT2D eigenvalue weighted by molar-refractivity contribution is -0.117. The smallest absolute Gasteiger partial charge is 0.338 e. The molecular weight excluding hydrogens is 354 g/mol. The van der Waals surface area contributed by atoms with Gasteiger partial charge in [-0.1, -0.05) is 32.0 Å². The lowest BCUT2D eigenvalue weighted by Gasteiger charge is -2.23. The van der Waals surface area contributed by atoms with Gasteiger partial charge in [0.2, 0.25) is 0 Å². The van der Waals surface area contributed by atoms with Crippen LogP contribution in [0, 0.1) is 0 Å². The molecule has 0 saturated heterocycles. The molecule has 0 fully saturated rings. The van der Waals surface area contributed by atoms with Crippen molar-refractivity contribution >= 4 is 28.3 Å². The summed E-state index contributed by atoms with van der Waals surface area (Å²) in [4.78, 5) is 26.8. The number of H-pyrrole nitrogens is 1. The Morgan fingerprint density at radius 2 is 2.00 bits per heavy atom. The number of ether oxygens (including phenoxy) is 1. The molecule has 1 N–H and O–H groups in total. The number of para-hydroxylation sites is 1. The zero-order valence-corrected chi connectivity index (χ0v) is 16.0.